The first-order valence-corrected chi connectivity index (χ1v) is 8.95. The zero-order valence-electron chi connectivity index (χ0n) is 15.7. The Kier molecular flexibility index (Phi) is 4.04. The summed E-state index contributed by atoms with van der Waals surface area (Å²) in [7, 11) is 0. The van der Waals surface area contributed by atoms with E-state index in [4.69, 9.17) is 9.97 Å². The van der Waals surface area contributed by atoms with Crippen LogP contribution >= 0.6 is 0 Å². The van der Waals surface area contributed by atoms with Crippen molar-refractivity contribution < 1.29 is 0 Å². The highest BCUT2D eigenvalue weighted by atomic mass is 14.9. The zero-order valence-corrected chi connectivity index (χ0v) is 15.7. The molecule has 4 rings (SSSR count). The van der Waals surface area contributed by atoms with Crippen LogP contribution in [0.2, 0.25) is 0 Å². The smallest absolute Gasteiger partial charge is 0.160 e. The van der Waals surface area contributed by atoms with Gasteiger partial charge in [-0.3, -0.25) is 0 Å². The van der Waals surface area contributed by atoms with Crippen LogP contribution in [0.3, 0.4) is 0 Å². The predicted molar refractivity (Wildman–Crippen MR) is 109 cm³/mol. The number of rotatable bonds is 2. The standard InChI is InChI=1S/C24H22N2/c1-15-9-11-19(12-10-15)23-20-7-5-6-8-21(20)25-24(26-23)22-17(3)13-16(2)14-18(22)4/h5-14H,1-4H3. The molecule has 0 bridgehead atoms. The van der Waals surface area contributed by atoms with Gasteiger partial charge in [-0.25, -0.2) is 9.97 Å². The molecular formula is C24H22N2. The van der Waals surface area contributed by atoms with Gasteiger partial charge >= 0.3 is 0 Å². The fourth-order valence-corrected chi connectivity index (χ4v) is 3.65. The van der Waals surface area contributed by atoms with E-state index in [0.717, 1.165) is 33.5 Å². The lowest BCUT2D eigenvalue weighted by Gasteiger charge is -2.13. The second kappa shape index (κ2) is 6.38. The summed E-state index contributed by atoms with van der Waals surface area (Å²) in [5.41, 5.74) is 9.17. The van der Waals surface area contributed by atoms with E-state index in [2.05, 4.69) is 76.2 Å². The molecule has 0 aliphatic carbocycles. The van der Waals surface area contributed by atoms with Crippen molar-refractivity contribution in [2.24, 2.45) is 0 Å². The van der Waals surface area contributed by atoms with Crippen molar-refractivity contribution in [2.75, 3.05) is 0 Å². The summed E-state index contributed by atoms with van der Waals surface area (Å²) in [4.78, 5) is 9.90. The van der Waals surface area contributed by atoms with Crippen molar-refractivity contribution in [1.29, 1.82) is 0 Å². The first-order valence-electron chi connectivity index (χ1n) is 8.95. The number of benzene rings is 3. The highest BCUT2D eigenvalue weighted by Gasteiger charge is 2.14. The van der Waals surface area contributed by atoms with E-state index in [1.807, 2.05) is 12.1 Å². The third-order valence-electron chi connectivity index (χ3n) is 4.83. The maximum absolute atomic E-state index is 5.01. The average Bonchev–Trinajstić information content (AvgIpc) is 2.61. The number of hydrogen-bond acceptors (Lipinski definition) is 2. The molecule has 128 valence electrons. The molecule has 4 aromatic rings. The van der Waals surface area contributed by atoms with E-state index in [9.17, 15) is 0 Å². The summed E-state index contributed by atoms with van der Waals surface area (Å²) in [6.07, 6.45) is 0. The van der Waals surface area contributed by atoms with E-state index in [-0.39, 0.29) is 0 Å². The van der Waals surface area contributed by atoms with Gasteiger partial charge in [0.1, 0.15) is 0 Å². The fourth-order valence-electron chi connectivity index (χ4n) is 3.65. The molecular weight excluding hydrogens is 316 g/mol. The summed E-state index contributed by atoms with van der Waals surface area (Å²) in [6, 6.07) is 21.2. The first kappa shape index (κ1) is 16.5. The van der Waals surface area contributed by atoms with Gasteiger partial charge in [-0.05, 0) is 44.9 Å². The summed E-state index contributed by atoms with van der Waals surface area (Å²) >= 11 is 0. The van der Waals surface area contributed by atoms with Crippen molar-refractivity contribution in [2.45, 2.75) is 27.7 Å². The molecule has 0 N–H and O–H groups in total. The van der Waals surface area contributed by atoms with Gasteiger partial charge in [-0.1, -0.05) is 65.7 Å². The largest absolute Gasteiger partial charge is 0.228 e. The highest BCUT2D eigenvalue weighted by Crippen LogP contribution is 2.32. The molecule has 1 heterocycles. The van der Waals surface area contributed by atoms with E-state index < -0.39 is 0 Å². The molecule has 0 saturated carbocycles. The third-order valence-corrected chi connectivity index (χ3v) is 4.83. The highest BCUT2D eigenvalue weighted by molar-refractivity contribution is 5.93. The number of hydrogen-bond donors (Lipinski definition) is 0. The van der Waals surface area contributed by atoms with Crippen LogP contribution in [0.25, 0.3) is 33.5 Å². The van der Waals surface area contributed by atoms with Crippen LogP contribution in [0, 0.1) is 27.7 Å². The van der Waals surface area contributed by atoms with Gasteiger partial charge in [0.05, 0.1) is 11.2 Å². The molecule has 0 radical (unpaired) electrons. The minimum atomic E-state index is 0.800. The molecule has 1 aromatic heterocycles. The Balaban J connectivity index is 2.03. The molecule has 0 atom stereocenters. The Morgan fingerprint density at radius 1 is 0.654 bits per heavy atom. The lowest BCUT2D eigenvalue weighted by atomic mass is 9.98. The van der Waals surface area contributed by atoms with Crippen molar-refractivity contribution in [3.8, 4) is 22.6 Å². The molecule has 0 unspecified atom stereocenters. The Morgan fingerprint density at radius 3 is 2.00 bits per heavy atom. The van der Waals surface area contributed by atoms with Crippen molar-refractivity contribution >= 4 is 10.9 Å². The quantitative estimate of drug-likeness (QED) is 0.435. The Morgan fingerprint density at radius 2 is 1.31 bits per heavy atom. The van der Waals surface area contributed by atoms with Crippen LogP contribution in [0.5, 0.6) is 0 Å². The average molecular weight is 338 g/mol. The van der Waals surface area contributed by atoms with Gasteiger partial charge in [0.25, 0.3) is 0 Å². The Labute approximate surface area is 154 Å². The second-order valence-electron chi connectivity index (χ2n) is 7.05. The number of para-hydroxylation sites is 1. The van der Waals surface area contributed by atoms with Crippen LogP contribution in [0.1, 0.15) is 22.3 Å². The van der Waals surface area contributed by atoms with Crippen LogP contribution in [0.15, 0.2) is 60.7 Å². The third kappa shape index (κ3) is 2.88. The first-order chi connectivity index (χ1) is 12.5. The van der Waals surface area contributed by atoms with Gasteiger partial charge in [-0.2, -0.15) is 0 Å². The summed E-state index contributed by atoms with van der Waals surface area (Å²) in [6.45, 7) is 8.51. The van der Waals surface area contributed by atoms with Crippen LogP contribution in [-0.4, -0.2) is 9.97 Å². The Bertz CT molecular complexity index is 1090. The Hall–Kier alpha value is -3.00. The zero-order chi connectivity index (χ0) is 18.3. The number of nitrogens with zero attached hydrogens (tertiary/aromatic N) is 2. The number of fused-ring (bicyclic) bond motifs is 1. The topological polar surface area (TPSA) is 25.8 Å². The maximum atomic E-state index is 5.01. The van der Waals surface area contributed by atoms with Crippen molar-refractivity contribution in [3.05, 3.63) is 82.9 Å². The SMILES string of the molecule is Cc1ccc(-c2nc(-c3c(C)cc(C)cc3C)nc3ccccc23)cc1. The van der Waals surface area contributed by atoms with Gasteiger partial charge < -0.3 is 0 Å². The summed E-state index contributed by atoms with van der Waals surface area (Å²) < 4.78 is 0. The molecule has 0 spiro atoms. The van der Waals surface area contributed by atoms with E-state index in [1.54, 1.807) is 0 Å². The fraction of sp³-hybridized carbons (Fsp3) is 0.167. The predicted octanol–water partition coefficient (Wildman–Crippen LogP) is 6.20. The second-order valence-corrected chi connectivity index (χ2v) is 7.05. The molecule has 2 nitrogen and oxygen atoms in total. The molecule has 2 heteroatoms. The van der Waals surface area contributed by atoms with Crippen molar-refractivity contribution in [1.82, 2.24) is 9.97 Å². The van der Waals surface area contributed by atoms with Crippen LogP contribution in [-0.2, 0) is 0 Å². The number of aromatic nitrogens is 2. The lowest BCUT2D eigenvalue weighted by molar-refractivity contribution is 1.19. The molecule has 26 heavy (non-hydrogen) atoms. The van der Waals surface area contributed by atoms with Crippen molar-refractivity contribution in [3.63, 3.8) is 0 Å². The monoisotopic (exact) mass is 338 g/mol. The molecule has 0 aliphatic heterocycles. The molecule has 0 fully saturated rings. The summed E-state index contributed by atoms with van der Waals surface area (Å²) in [5.74, 6) is 0.800. The van der Waals surface area contributed by atoms with E-state index in [1.165, 1.54) is 22.3 Å². The molecule has 0 aliphatic rings. The number of aryl methyl sites for hydroxylation is 4. The van der Waals surface area contributed by atoms with Gasteiger partial charge in [0.15, 0.2) is 5.82 Å². The van der Waals surface area contributed by atoms with Crippen LogP contribution < -0.4 is 0 Å². The summed E-state index contributed by atoms with van der Waals surface area (Å²) in [5, 5.41) is 1.09. The van der Waals surface area contributed by atoms with E-state index >= 15 is 0 Å². The van der Waals surface area contributed by atoms with Crippen LogP contribution in [0.4, 0.5) is 0 Å². The maximum Gasteiger partial charge on any atom is 0.160 e. The van der Waals surface area contributed by atoms with E-state index in [0.29, 0.717) is 0 Å². The van der Waals surface area contributed by atoms with Gasteiger partial charge in [0, 0.05) is 16.5 Å². The lowest BCUT2D eigenvalue weighted by Crippen LogP contribution is -1.99. The minimum Gasteiger partial charge on any atom is -0.228 e. The van der Waals surface area contributed by atoms with Gasteiger partial charge in [-0.15, -0.1) is 0 Å². The van der Waals surface area contributed by atoms with Gasteiger partial charge in [0.2, 0.25) is 0 Å². The molecule has 0 amide bonds. The normalized spacial score (nSPS) is 11.1. The molecule has 0 saturated heterocycles. The minimum absolute atomic E-state index is 0.800. The molecule has 3 aromatic carbocycles.